The maximum absolute atomic E-state index is 11.8. The monoisotopic (exact) mass is 290 g/mol. The van der Waals surface area contributed by atoms with Crippen LogP contribution < -0.4 is 16.8 Å². The van der Waals surface area contributed by atoms with Crippen molar-refractivity contribution < 1.29 is 0 Å². The van der Waals surface area contributed by atoms with Gasteiger partial charge in [0.15, 0.2) is 0 Å². The number of fused-ring (bicyclic) bond motifs is 1. The van der Waals surface area contributed by atoms with E-state index in [0.717, 1.165) is 0 Å². The number of thiophene rings is 1. The standard InChI is InChI=1S/C12H10N4O3S/c1-6-4-16(12(19)15-10(6)17)5-8-13-7-2-3-20-9(7)11(18)14-8/h2-4H,5H2,1H3,(H,13,14,18)(H,15,17,19). The molecule has 3 aromatic heterocycles. The van der Waals surface area contributed by atoms with E-state index in [9.17, 15) is 14.4 Å². The molecule has 3 aromatic rings. The normalized spacial score (nSPS) is 11.1. The number of hydrogen-bond acceptors (Lipinski definition) is 5. The molecule has 20 heavy (non-hydrogen) atoms. The van der Waals surface area contributed by atoms with E-state index >= 15 is 0 Å². The van der Waals surface area contributed by atoms with Gasteiger partial charge >= 0.3 is 5.69 Å². The van der Waals surface area contributed by atoms with Crippen molar-refractivity contribution in [3.63, 3.8) is 0 Å². The molecular formula is C12H10N4O3S. The second-order valence-electron chi connectivity index (χ2n) is 4.35. The summed E-state index contributed by atoms with van der Waals surface area (Å²) < 4.78 is 1.85. The second kappa shape index (κ2) is 4.57. The van der Waals surface area contributed by atoms with E-state index < -0.39 is 11.2 Å². The minimum absolute atomic E-state index is 0.0947. The Kier molecular flexibility index (Phi) is 2.87. The van der Waals surface area contributed by atoms with E-state index in [2.05, 4.69) is 15.0 Å². The van der Waals surface area contributed by atoms with Gasteiger partial charge in [0.25, 0.3) is 11.1 Å². The third-order valence-electron chi connectivity index (χ3n) is 2.87. The zero-order chi connectivity index (χ0) is 14.3. The average Bonchev–Trinajstić information content (AvgIpc) is 2.85. The first-order chi connectivity index (χ1) is 9.54. The van der Waals surface area contributed by atoms with Crippen LogP contribution in [0.25, 0.3) is 10.2 Å². The minimum Gasteiger partial charge on any atom is -0.308 e. The van der Waals surface area contributed by atoms with Gasteiger partial charge < -0.3 is 4.98 Å². The van der Waals surface area contributed by atoms with Gasteiger partial charge in [-0.1, -0.05) is 0 Å². The van der Waals surface area contributed by atoms with Gasteiger partial charge in [0, 0.05) is 11.8 Å². The molecule has 0 saturated carbocycles. The number of aromatic nitrogens is 4. The molecule has 2 N–H and O–H groups in total. The first-order valence-corrected chi connectivity index (χ1v) is 6.69. The van der Waals surface area contributed by atoms with Crippen LogP contribution in [-0.4, -0.2) is 19.5 Å². The summed E-state index contributed by atoms with van der Waals surface area (Å²) in [7, 11) is 0. The minimum atomic E-state index is -0.534. The van der Waals surface area contributed by atoms with Crippen LogP contribution in [0.15, 0.2) is 32.0 Å². The number of H-pyrrole nitrogens is 2. The third kappa shape index (κ3) is 2.10. The lowest BCUT2D eigenvalue weighted by Gasteiger charge is -2.05. The zero-order valence-electron chi connectivity index (χ0n) is 10.5. The summed E-state index contributed by atoms with van der Waals surface area (Å²) in [4.78, 5) is 43.9. The smallest absolute Gasteiger partial charge is 0.308 e. The fourth-order valence-corrected chi connectivity index (χ4v) is 2.62. The van der Waals surface area contributed by atoms with Crippen LogP contribution in [-0.2, 0) is 6.54 Å². The Bertz CT molecular complexity index is 963. The van der Waals surface area contributed by atoms with E-state index in [-0.39, 0.29) is 12.1 Å². The Morgan fingerprint density at radius 3 is 2.85 bits per heavy atom. The molecule has 0 spiro atoms. The van der Waals surface area contributed by atoms with E-state index in [1.165, 1.54) is 22.1 Å². The van der Waals surface area contributed by atoms with E-state index in [1.54, 1.807) is 18.4 Å². The van der Waals surface area contributed by atoms with Crippen molar-refractivity contribution in [2.75, 3.05) is 0 Å². The fourth-order valence-electron chi connectivity index (χ4n) is 1.89. The Hall–Kier alpha value is -2.48. The van der Waals surface area contributed by atoms with Crippen molar-refractivity contribution in [3.8, 4) is 0 Å². The molecule has 3 rings (SSSR count). The zero-order valence-corrected chi connectivity index (χ0v) is 11.3. The molecule has 0 saturated heterocycles. The van der Waals surface area contributed by atoms with Crippen LogP contribution in [0, 0.1) is 6.92 Å². The molecular weight excluding hydrogens is 280 g/mol. The Balaban J connectivity index is 2.09. The van der Waals surface area contributed by atoms with Crippen molar-refractivity contribution in [1.82, 2.24) is 19.5 Å². The summed E-state index contributed by atoms with van der Waals surface area (Å²) in [5, 5.41) is 1.78. The lowest BCUT2D eigenvalue weighted by atomic mass is 10.4. The van der Waals surface area contributed by atoms with Crippen molar-refractivity contribution in [3.05, 3.63) is 60.2 Å². The lowest BCUT2D eigenvalue weighted by molar-refractivity contribution is 0.681. The number of rotatable bonds is 2. The van der Waals surface area contributed by atoms with Crippen LogP contribution in [0.4, 0.5) is 0 Å². The number of nitrogens with one attached hydrogen (secondary N) is 2. The summed E-state index contributed by atoms with van der Waals surface area (Å²) in [6, 6.07) is 1.75. The number of aryl methyl sites for hydroxylation is 1. The van der Waals surface area contributed by atoms with Crippen LogP contribution in [0.1, 0.15) is 11.4 Å². The predicted octanol–water partition coefficient (Wildman–Crippen LogP) is 0.191. The van der Waals surface area contributed by atoms with Crippen LogP contribution >= 0.6 is 11.3 Å². The lowest BCUT2D eigenvalue weighted by Crippen LogP contribution is -2.31. The van der Waals surface area contributed by atoms with E-state index in [1.807, 2.05) is 0 Å². The SMILES string of the molecule is Cc1cn(Cc2nc3ccsc3c(=O)[nH]2)c(=O)[nH]c1=O. The Morgan fingerprint density at radius 2 is 2.05 bits per heavy atom. The van der Waals surface area contributed by atoms with E-state index in [0.29, 0.717) is 21.6 Å². The fraction of sp³-hybridized carbons (Fsp3) is 0.167. The third-order valence-corrected chi connectivity index (χ3v) is 3.78. The molecule has 0 amide bonds. The van der Waals surface area contributed by atoms with Crippen molar-refractivity contribution in [2.24, 2.45) is 0 Å². The second-order valence-corrected chi connectivity index (χ2v) is 5.26. The number of aromatic amines is 2. The molecule has 0 atom stereocenters. The first-order valence-electron chi connectivity index (χ1n) is 5.81. The molecule has 7 nitrogen and oxygen atoms in total. The van der Waals surface area contributed by atoms with Crippen LogP contribution in [0.5, 0.6) is 0 Å². The Labute approximate surface area is 115 Å². The molecule has 0 aromatic carbocycles. The van der Waals surface area contributed by atoms with Gasteiger partial charge in [-0.15, -0.1) is 11.3 Å². The Morgan fingerprint density at radius 1 is 1.25 bits per heavy atom. The average molecular weight is 290 g/mol. The van der Waals surface area contributed by atoms with Gasteiger partial charge in [-0.2, -0.15) is 0 Å². The molecule has 0 aliphatic rings. The van der Waals surface area contributed by atoms with Crippen LogP contribution in [0.2, 0.25) is 0 Å². The molecule has 8 heteroatoms. The largest absolute Gasteiger partial charge is 0.328 e. The van der Waals surface area contributed by atoms with Crippen molar-refractivity contribution >= 4 is 21.6 Å². The highest BCUT2D eigenvalue weighted by atomic mass is 32.1. The summed E-state index contributed by atoms with van der Waals surface area (Å²) in [6.07, 6.45) is 1.44. The molecule has 0 bridgehead atoms. The van der Waals surface area contributed by atoms with Gasteiger partial charge in [-0.3, -0.25) is 19.1 Å². The summed E-state index contributed by atoms with van der Waals surface area (Å²) in [5.41, 5.74) is -0.157. The van der Waals surface area contributed by atoms with Gasteiger partial charge in [-0.05, 0) is 18.4 Å². The molecule has 102 valence electrons. The highest BCUT2D eigenvalue weighted by molar-refractivity contribution is 7.17. The first kappa shape index (κ1) is 12.5. The van der Waals surface area contributed by atoms with Gasteiger partial charge in [0.2, 0.25) is 0 Å². The number of nitrogens with zero attached hydrogens (tertiary/aromatic N) is 2. The highest BCUT2D eigenvalue weighted by Crippen LogP contribution is 2.13. The maximum Gasteiger partial charge on any atom is 0.328 e. The quantitative estimate of drug-likeness (QED) is 0.703. The highest BCUT2D eigenvalue weighted by Gasteiger charge is 2.07. The van der Waals surface area contributed by atoms with Gasteiger partial charge in [0.05, 0.1) is 12.1 Å². The molecule has 3 heterocycles. The molecule has 0 aliphatic carbocycles. The van der Waals surface area contributed by atoms with E-state index in [4.69, 9.17) is 0 Å². The van der Waals surface area contributed by atoms with Gasteiger partial charge in [-0.25, -0.2) is 9.78 Å². The summed E-state index contributed by atoms with van der Waals surface area (Å²) in [6.45, 7) is 1.70. The molecule has 0 radical (unpaired) electrons. The van der Waals surface area contributed by atoms with Gasteiger partial charge in [0.1, 0.15) is 10.5 Å². The predicted molar refractivity (Wildman–Crippen MR) is 75.4 cm³/mol. The van der Waals surface area contributed by atoms with Crippen LogP contribution in [0.3, 0.4) is 0 Å². The number of hydrogen-bond donors (Lipinski definition) is 2. The maximum atomic E-state index is 11.8. The summed E-state index contributed by atoms with van der Waals surface area (Å²) in [5.74, 6) is 0.370. The molecule has 0 fully saturated rings. The van der Waals surface area contributed by atoms with Crippen molar-refractivity contribution in [2.45, 2.75) is 13.5 Å². The van der Waals surface area contributed by atoms with Crippen molar-refractivity contribution in [1.29, 1.82) is 0 Å². The topological polar surface area (TPSA) is 101 Å². The molecule has 0 unspecified atom stereocenters. The molecule has 0 aliphatic heterocycles. The summed E-state index contributed by atoms with van der Waals surface area (Å²) >= 11 is 1.31.